The lowest BCUT2D eigenvalue weighted by molar-refractivity contribution is 0.174. The van der Waals surface area contributed by atoms with E-state index in [1.165, 1.54) is 0 Å². The van der Waals surface area contributed by atoms with Crippen molar-refractivity contribution >= 4 is 11.3 Å². The molecule has 7 nitrogen and oxygen atoms in total. The van der Waals surface area contributed by atoms with E-state index in [1.807, 2.05) is 66.4 Å². The smallest absolute Gasteiger partial charge is 0.231 e. The predicted octanol–water partition coefficient (Wildman–Crippen LogP) is 4.49. The van der Waals surface area contributed by atoms with Crippen LogP contribution in [0.25, 0.3) is 27.6 Å². The molecule has 8 heteroatoms. The van der Waals surface area contributed by atoms with Crippen LogP contribution in [0.1, 0.15) is 12.6 Å². The predicted molar refractivity (Wildman–Crippen MR) is 110 cm³/mol. The van der Waals surface area contributed by atoms with Gasteiger partial charge in [0.1, 0.15) is 16.5 Å². The molecule has 4 aromatic rings. The first kappa shape index (κ1) is 17.7. The maximum atomic E-state index is 5.50. The fourth-order valence-corrected chi connectivity index (χ4v) is 4.06. The molecule has 3 heterocycles. The van der Waals surface area contributed by atoms with Gasteiger partial charge in [-0.15, -0.1) is 16.4 Å². The van der Waals surface area contributed by atoms with Crippen molar-refractivity contribution in [3.8, 4) is 44.9 Å². The third kappa shape index (κ3) is 3.21. The highest BCUT2D eigenvalue weighted by molar-refractivity contribution is 7.13. The zero-order chi connectivity index (χ0) is 19.8. The van der Waals surface area contributed by atoms with Crippen molar-refractivity contribution in [1.29, 1.82) is 0 Å². The molecular formula is C21H18N4O3S. The van der Waals surface area contributed by atoms with Crippen molar-refractivity contribution in [1.82, 2.24) is 20.0 Å². The Hall–Kier alpha value is -3.39. The fraction of sp³-hybridized carbons (Fsp3) is 0.190. The zero-order valence-corrected chi connectivity index (χ0v) is 16.8. The minimum atomic E-state index is 0.259. The van der Waals surface area contributed by atoms with Crippen molar-refractivity contribution < 1.29 is 14.2 Å². The summed E-state index contributed by atoms with van der Waals surface area (Å²) in [7, 11) is 0. The summed E-state index contributed by atoms with van der Waals surface area (Å²) in [5.41, 5.74) is 4.49. The van der Waals surface area contributed by atoms with Gasteiger partial charge >= 0.3 is 0 Å². The zero-order valence-electron chi connectivity index (χ0n) is 16.0. The Labute approximate surface area is 171 Å². The summed E-state index contributed by atoms with van der Waals surface area (Å²) in [4.78, 5) is 4.77. The fourth-order valence-electron chi connectivity index (χ4n) is 3.19. The van der Waals surface area contributed by atoms with Crippen molar-refractivity contribution in [3.63, 3.8) is 0 Å². The number of nitrogens with zero attached hydrogens (tertiary/aromatic N) is 4. The summed E-state index contributed by atoms with van der Waals surface area (Å²) in [5, 5.41) is 11.5. The molecule has 0 fully saturated rings. The number of aromatic nitrogens is 4. The van der Waals surface area contributed by atoms with E-state index in [2.05, 4.69) is 10.3 Å². The Morgan fingerprint density at radius 1 is 1.10 bits per heavy atom. The van der Waals surface area contributed by atoms with Crippen LogP contribution in [0.5, 0.6) is 17.2 Å². The van der Waals surface area contributed by atoms with Crippen LogP contribution in [0.2, 0.25) is 0 Å². The summed E-state index contributed by atoms with van der Waals surface area (Å²) in [6.45, 7) is 4.86. The monoisotopic (exact) mass is 406 g/mol. The molecule has 5 rings (SSSR count). The van der Waals surface area contributed by atoms with Crippen LogP contribution in [0.3, 0.4) is 0 Å². The number of fused-ring (bicyclic) bond motifs is 1. The quantitative estimate of drug-likeness (QED) is 0.486. The maximum Gasteiger partial charge on any atom is 0.231 e. The van der Waals surface area contributed by atoms with Crippen LogP contribution in [-0.2, 0) is 0 Å². The molecule has 2 aromatic heterocycles. The average Bonchev–Trinajstić information content (AvgIpc) is 3.47. The normalized spacial score (nSPS) is 12.3. The summed E-state index contributed by atoms with van der Waals surface area (Å²) < 4.78 is 18.2. The highest BCUT2D eigenvalue weighted by atomic mass is 32.1. The Kier molecular flexibility index (Phi) is 4.40. The van der Waals surface area contributed by atoms with Crippen LogP contribution < -0.4 is 14.2 Å². The molecule has 0 saturated carbocycles. The van der Waals surface area contributed by atoms with Gasteiger partial charge in [0, 0.05) is 10.9 Å². The van der Waals surface area contributed by atoms with E-state index < -0.39 is 0 Å². The van der Waals surface area contributed by atoms with Gasteiger partial charge in [-0.2, -0.15) is 0 Å². The Morgan fingerprint density at radius 2 is 1.93 bits per heavy atom. The first-order chi connectivity index (χ1) is 14.2. The second-order valence-corrected chi connectivity index (χ2v) is 7.33. The molecule has 0 atom stereocenters. The second kappa shape index (κ2) is 7.21. The van der Waals surface area contributed by atoms with E-state index in [0.717, 1.165) is 50.6 Å². The highest BCUT2D eigenvalue weighted by Gasteiger charge is 2.18. The lowest BCUT2D eigenvalue weighted by Crippen LogP contribution is -1.99. The number of benzene rings is 2. The molecule has 0 bridgehead atoms. The summed E-state index contributed by atoms with van der Waals surface area (Å²) in [5.74, 6) is 2.34. The SMILES string of the molecule is CCOc1ccc(-n2nnc(-c3nc(-c4ccc5c(c4)OCO5)cs3)c2C)cc1. The molecule has 0 radical (unpaired) electrons. The van der Waals surface area contributed by atoms with Gasteiger partial charge in [-0.05, 0) is 56.3 Å². The number of hydrogen-bond acceptors (Lipinski definition) is 7. The van der Waals surface area contributed by atoms with Gasteiger partial charge in [-0.25, -0.2) is 9.67 Å². The second-order valence-electron chi connectivity index (χ2n) is 6.47. The van der Waals surface area contributed by atoms with Crippen LogP contribution >= 0.6 is 11.3 Å². The van der Waals surface area contributed by atoms with Crippen molar-refractivity contribution in [3.05, 3.63) is 53.5 Å². The topological polar surface area (TPSA) is 71.3 Å². The Bertz CT molecular complexity index is 1170. The molecule has 0 saturated heterocycles. The van der Waals surface area contributed by atoms with Crippen molar-refractivity contribution in [2.45, 2.75) is 13.8 Å². The molecule has 0 N–H and O–H groups in total. The van der Waals surface area contributed by atoms with E-state index >= 15 is 0 Å². The molecule has 2 aromatic carbocycles. The van der Waals surface area contributed by atoms with E-state index in [1.54, 1.807) is 11.3 Å². The maximum absolute atomic E-state index is 5.50. The summed E-state index contributed by atoms with van der Waals surface area (Å²) in [6, 6.07) is 13.6. The van der Waals surface area contributed by atoms with Gasteiger partial charge in [0.2, 0.25) is 6.79 Å². The third-order valence-electron chi connectivity index (χ3n) is 4.66. The lowest BCUT2D eigenvalue weighted by Gasteiger charge is -2.06. The molecule has 0 amide bonds. The average molecular weight is 406 g/mol. The van der Waals surface area contributed by atoms with Crippen LogP contribution in [-0.4, -0.2) is 33.4 Å². The summed E-state index contributed by atoms with van der Waals surface area (Å²) >= 11 is 1.54. The molecular weight excluding hydrogens is 388 g/mol. The minimum absolute atomic E-state index is 0.259. The molecule has 29 heavy (non-hydrogen) atoms. The van der Waals surface area contributed by atoms with E-state index in [-0.39, 0.29) is 6.79 Å². The lowest BCUT2D eigenvalue weighted by atomic mass is 10.1. The van der Waals surface area contributed by atoms with Gasteiger partial charge < -0.3 is 14.2 Å². The third-order valence-corrected chi connectivity index (χ3v) is 5.51. The minimum Gasteiger partial charge on any atom is -0.494 e. The van der Waals surface area contributed by atoms with Crippen LogP contribution in [0, 0.1) is 6.92 Å². The first-order valence-corrected chi connectivity index (χ1v) is 10.1. The highest BCUT2D eigenvalue weighted by Crippen LogP contribution is 2.37. The number of thiazole rings is 1. The van der Waals surface area contributed by atoms with Gasteiger partial charge in [0.25, 0.3) is 0 Å². The molecule has 1 aliphatic heterocycles. The van der Waals surface area contributed by atoms with Gasteiger partial charge in [-0.3, -0.25) is 0 Å². The van der Waals surface area contributed by atoms with Crippen molar-refractivity contribution in [2.24, 2.45) is 0 Å². The van der Waals surface area contributed by atoms with Gasteiger partial charge in [0.15, 0.2) is 11.5 Å². The molecule has 0 spiro atoms. The van der Waals surface area contributed by atoms with Crippen LogP contribution in [0.4, 0.5) is 0 Å². The number of rotatable bonds is 5. The molecule has 146 valence electrons. The molecule has 0 unspecified atom stereocenters. The first-order valence-electron chi connectivity index (χ1n) is 9.24. The van der Waals surface area contributed by atoms with E-state index in [4.69, 9.17) is 19.2 Å². The summed E-state index contributed by atoms with van der Waals surface area (Å²) in [6.07, 6.45) is 0. The molecule has 1 aliphatic rings. The van der Waals surface area contributed by atoms with Gasteiger partial charge in [0.05, 0.1) is 23.7 Å². The number of hydrogen-bond donors (Lipinski definition) is 0. The van der Waals surface area contributed by atoms with E-state index in [9.17, 15) is 0 Å². The van der Waals surface area contributed by atoms with E-state index in [0.29, 0.717) is 6.61 Å². The number of ether oxygens (including phenoxy) is 3. The largest absolute Gasteiger partial charge is 0.494 e. The van der Waals surface area contributed by atoms with Crippen molar-refractivity contribution in [2.75, 3.05) is 13.4 Å². The van der Waals surface area contributed by atoms with Gasteiger partial charge in [-0.1, -0.05) is 5.21 Å². The van der Waals surface area contributed by atoms with Crippen LogP contribution in [0.15, 0.2) is 47.8 Å². The molecule has 0 aliphatic carbocycles. The Balaban J connectivity index is 1.44. The standard InChI is InChI=1S/C21H18N4O3S/c1-3-26-16-7-5-15(6-8-16)25-13(2)20(23-24-25)21-22-17(11-29-21)14-4-9-18-19(10-14)28-12-27-18/h4-11H,3,12H2,1-2H3. The Morgan fingerprint density at radius 3 is 2.76 bits per heavy atom.